The molecule has 0 aliphatic carbocycles. The molecule has 2 unspecified atom stereocenters. The highest BCUT2D eigenvalue weighted by molar-refractivity contribution is 7.89. The molecule has 2 bridgehead atoms. The molecular weight excluding hydrogens is 530 g/mol. The van der Waals surface area contributed by atoms with Gasteiger partial charge in [0, 0.05) is 56.9 Å². The lowest BCUT2D eigenvalue weighted by Crippen LogP contribution is -2.52. The number of fused-ring (bicyclic) bond motifs is 3. The average Bonchev–Trinajstić information content (AvgIpc) is 3.15. The maximum Gasteiger partial charge on any atom is 0.264 e. The summed E-state index contributed by atoms with van der Waals surface area (Å²) in [4.78, 5) is 31.2. The number of aliphatic hydroxyl groups excluding tert-OH is 1. The van der Waals surface area contributed by atoms with E-state index in [9.17, 15) is 18.0 Å². The van der Waals surface area contributed by atoms with Crippen LogP contribution in [0.4, 0.5) is 0 Å². The largest absolute Gasteiger partial charge is 0.395 e. The normalized spacial score (nSPS) is 24.6. The number of para-hydroxylation sites is 1. The number of nitrogens with zero attached hydrogens (tertiary/aromatic N) is 4. The first-order chi connectivity index (χ1) is 19.2. The zero-order valence-corrected chi connectivity index (χ0v) is 24.5. The Morgan fingerprint density at radius 1 is 1.05 bits per heavy atom. The maximum atomic E-state index is 13.3. The van der Waals surface area contributed by atoms with Crippen molar-refractivity contribution in [2.75, 3.05) is 51.6 Å². The summed E-state index contributed by atoms with van der Waals surface area (Å²) in [6.45, 7) is 7.61. The number of carbonyl (C=O) groups is 1. The van der Waals surface area contributed by atoms with Crippen molar-refractivity contribution in [3.05, 3.63) is 46.2 Å². The van der Waals surface area contributed by atoms with Crippen LogP contribution < -0.4 is 10.9 Å². The van der Waals surface area contributed by atoms with Gasteiger partial charge >= 0.3 is 0 Å². The Kier molecular flexibility index (Phi) is 8.96. The molecule has 1 aromatic heterocycles. The van der Waals surface area contributed by atoms with Crippen molar-refractivity contribution < 1.29 is 18.3 Å². The van der Waals surface area contributed by atoms with Crippen LogP contribution in [0.5, 0.6) is 0 Å². The van der Waals surface area contributed by atoms with Crippen LogP contribution in [0, 0.1) is 0 Å². The molecule has 11 heteroatoms. The second-order valence-corrected chi connectivity index (χ2v) is 13.9. The van der Waals surface area contributed by atoms with Crippen LogP contribution in [-0.2, 0) is 10.0 Å². The molecule has 4 heterocycles. The highest BCUT2D eigenvalue weighted by atomic mass is 32.2. The molecule has 220 valence electrons. The Labute approximate surface area is 237 Å². The van der Waals surface area contributed by atoms with Gasteiger partial charge in [0.05, 0.1) is 17.9 Å². The van der Waals surface area contributed by atoms with Gasteiger partial charge in [0.25, 0.3) is 11.5 Å². The molecule has 2 atom stereocenters. The lowest BCUT2D eigenvalue weighted by atomic mass is 9.96. The molecule has 3 fully saturated rings. The van der Waals surface area contributed by atoms with E-state index >= 15 is 0 Å². The maximum absolute atomic E-state index is 13.3. The third kappa shape index (κ3) is 6.13. The summed E-state index contributed by atoms with van der Waals surface area (Å²) in [5.74, 6) is -0.166. The Hall–Kier alpha value is -2.31. The van der Waals surface area contributed by atoms with Crippen LogP contribution in [0.3, 0.4) is 0 Å². The molecule has 3 aliphatic heterocycles. The molecule has 2 aromatic rings. The summed E-state index contributed by atoms with van der Waals surface area (Å²) in [7, 11) is -3.30. The average molecular weight is 574 g/mol. The monoisotopic (exact) mass is 573 g/mol. The van der Waals surface area contributed by atoms with E-state index in [1.165, 1.54) is 0 Å². The fourth-order valence-corrected chi connectivity index (χ4v) is 8.38. The SMILES string of the molecule is CC(C)n1c(=O)c(C(=O)NC2CC3CCC(C2)N3CCCS(=O)(=O)N2CCN(CCO)CC2)cc2ccccc21. The molecule has 0 spiro atoms. The first-order valence-corrected chi connectivity index (χ1v) is 16.3. The number of β-amino-alcohol motifs (C(OH)–C–C–N with tert-alkyl or cyclic N) is 1. The number of carbonyl (C=O) groups excluding carboxylic acids is 1. The number of sulfonamides is 1. The molecule has 40 heavy (non-hydrogen) atoms. The quantitative estimate of drug-likeness (QED) is 0.444. The van der Waals surface area contributed by atoms with E-state index in [2.05, 4.69) is 15.1 Å². The third-order valence-electron chi connectivity index (χ3n) is 8.89. The van der Waals surface area contributed by atoms with Gasteiger partial charge in [0.1, 0.15) is 5.56 Å². The van der Waals surface area contributed by atoms with Crippen molar-refractivity contribution in [2.24, 2.45) is 0 Å². The number of benzene rings is 1. The summed E-state index contributed by atoms with van der Waals surface area (Å²) < 4.78 is 29.1. The predicted octanol–water partition coefficient (Wildman–Crippen LogP) is 1.64. The van der Waals surface area contributed by atoms with E-state index in [4.69, 9.17) is 5.11 Å². The summed E-state index contributed by atoms with van der Waals surface area (Å²) in [5.41, 5.74) is 0.753. The number of pyridine rings is 1. The molecule has 3 aliphatic rings. The van der Waals surface area contributed by atoms with E-state index in [-0.39, 0.29) is 41.5 Å². The van der Waals surface area contributed by atoms with Crippen molar-refractivity contribution in [3.8, 4) is 0 Å². The lowest BCUT2D eigenvalue weighted by molar-refractivity contribution is 0.0844. The topological polar surface area (TPSA) is 115 Å². The van der Waals surface area contributed by atoms with Crippen molar-refractivity contribution in [2.45, 2.75) is 70.1 Å². The summed E-state index contributed by atoms with van der Waals surface area (Å²) in [5, 5.41) is 13.1. The zero-order chi connectivity index (χ0) is 28.4. The number of hydrogen-bond donors (Lipinski definition) is 2. The van der Waals surface area contributed by atoms with Gasteiger partial charge in [-0.05, 0) is 70.0 Å². The first kappa shape index (κ1) is 29.2. The van der Waals surface area contributed by atoms with E-state index < -0.39 is 10.0 Å². The zero-order valence-electron chi connectivity index (χ0n) is 23.7. The van der Waals surface area contributed by atoms with Crippen molar-refractivity contribution in [1.82, 2.24) is 24.0 Å². The smallest absolute Gasteiger partial charge is 0.264 e. The number of hydrogen-bond acceptors (Lipinski definition) is 7. The van der Waals surface area contributed by atoms with Crippen LogP contribution in [0.15, 0.2) is 35.1 Å². The predicted molar refractivity (Wildman–Crippen MR) is 156 cm³/mol. The Morgan fingerprint density at radius 3 is 2.38 bits per heavy atom. The van der Waals surface area contributed by atoms with Crippen molar-refractivity contribution in [3.63, 3.8) is 0 Å². The molecule has 1 amide bonds. The minimum Gasteiger partial charge on any atom is -0.395 e. The number of aliphatic hydroxyl groups is 1. The standard InChI is InChI=1S/C29H43N5O5S/c1-21(2)34-27-7-4-3-6-22(27)18-26(29(34)37)28(36)30-23-19-24-8-9-25(20-23)33(24)10-5-17-40(38,39)32-13-11-31(12-14-32)15-16-35/h3-4,6-7,18,21,23-25,35H,5,8-17,19-20H2,1-2H3,(H,30,36). The van der Waals surface area contributed by atoms with E-state index in [0.717, 1.165) is 43.1 Å². The van der Waals surface area contributed by atoms with Crippen LogP contribution >= 0.6 is 0 Å². The van der Waals surface area contributed by atoms with Crippen LogP contribution in [-0.4, -0.2) is 108 Å². The number of piperidine rings is 1. The number of piperazine rings is 1. The van der Waals surface area contributed by atoms with Gasteiger partial charge in [-0.1, -0.05) is 18.2 Å². The van der Waals surface area contributed by atoms with E-state index in [0.29, 0.717) is 51.2 Å². The molecule has 1 aromatic carbocycles. The summed E-state index contributed by atoms with van der Waals surface area (Å²) in [6, 6.07) is 9.94. The number of amides is 1. The van der Waals surface area contributed by atoms with Gasteiger partial charge in [-0.2, -0.15) is 4.31 Å². The minimum absolute atomic E-state index is 0.00132. The second kappa shape index (κ2) is 12.3. The Balaban J connectivity index is 1.16. The minimum atomic E-state index is -3.30. The highest BCUT2D eigenvalue weighted by Gasteiger charge is 2.41. The number of nitrogens with one attached hydrogen (secondary N) is 1. The Morgan fingerprint density at radius 2 is 1.73 bits per heavy atom. The number of aromatic nitrogens is 1. The van der Waals surface area contributed by atoms with Crippen LogP contribution in [0.1, 0.15) is 62.4 Å². The second-order valence-electron chi connectivity index (χ2n) is 11.8. The van der Waals surface area contributed by atoms with Gasteiger partial charge in [-0.15, -0.1) is 0 Å². The van der Waals surface area contributed by atoms with Gasteiger partial charge in [-0.3, -0.25) is 19.4 Å². The molecular formula is C29H43N5O5S. The fourth-order valence-electron chi connectivity index (χ4n) is 6.91. The van der Waals surface area contributed by atoms with Gasteiger partial charge in [-0.25, -0.2) is 8.42 Å². The van der Waals surface area contributed by atoms with Crippen LogP contribution in [0.25, 0.3) is 10.9 Å². The molecule has 3 saturated heterocycles. The molecule has 5 rings (SSSR count). The van der Waals surface area contributed by atoms with Crippen molar-refractivity contribution >= 4 is 26.8 Å². The van der Waals surface area contributed by atoms with E-state index in [1.54, 1.807) is 14.9 Å². The fraction of sp³-hybridized carbons (Fsp3) is 0.655. The first-order valence-electron chi connectivity index (χ1n) is 14.7. The van der Waals surface area contributed by atoms with Gasteiger partial charge in [0.15, 0.2) is 0 Å². The molecule has 0 saturated carbocycles. The van der Waals surface area contributed by atoms with Crippen LogP contribution in [0.2, 0.25) is 0 Å². The lowest BCUT2D eigenvalue weighted by Gasteiger charge is -2.39. The molecule has 2 N–H and O–H groups in total. The number of rotatable bonds is 10. The molecule has 10 nitrogen and oxygen atoms in total. The van der Waals surface area contributed by atoms with Gasteiger partial charge < -0.3 is 15.0 Å². The summed E-state index contributed by atoms with van der Waals surface area (Å²) >= 11 is 0. The molecule has 0 radical (unpaired) electrons. The Bertz CT molecular complexity index is 1350. The van der Waals surface area contributed by atoms with Gasteiger partial charge in [0.2, 0.25) is 10.0 Å². The third-order valence-corrected chi connectivity index (χ3v) is 10.8. The van der Waals surface area contributed by atoms with Crippen molar-refractivity contribution in [1.29, 1.82) is 0 Å². The highest BCUT2D eigenvalue weighted by Crippen LogP contribution is 2.36. The summed E-state index contributed by atoms with van der Waals surface area (Å²) in [6.07, 6.45) is 4.32. The van der Waals surface area contributed by atoms with E-state index in [1.807, 2.05) is 38.1 Å².